The maximum Gasteiger partial charge on any atom is 0.244 e. The predicted molar refractivity (Wildman–Crippen MR) is 78.2 cm³/mol. The molecule has 1 saturated heterocycles. The van der Waals surface area contributed by atoms with Crippen LogP contribution in [0.25, 0.3) is 0 Å². The Kier molecular flexibility index (Phi) is 4.84. The van der Waals surface area contributed by atoms with Crippen LogP contribution < -0.4 is 10.1 Å². The highest BCUT2D eigenvalue weighted by Gasteiger charge is 2.22. The van der Waals surface area contributed by atoms with Crippen LogP contribution in [0.2, 0.25) is 0 Å². The average molecular weight is 278 g/mol. The van der Waals surface area contributed by atoms with Gasteiger partial charge in [0.2, 0.25) is 5.91 Å². The highest BCUT2D eigenvalue weighted by Crippen LogP contribution is 2.22. The van der Waals surface area contributed by atoms with Crippen LogP contribution in [0.5, 0.6) is 5.75 Å². The van der Waals surface area contributed by atoms with Gasteiger partial charge in [-0.05, 0) is 37.6 Å². The number of aryl methyl sites for hydroxylation is 1. The van der Waals surface area contributed by atoms with Crippen LogP contribution in [0.3, 0.4) is 0 Å². The molecule has 0 bridgehead atoms. The maximum atomic E-state index is 12.3. The summed E-state index contributed by atoms with van der Waals surface area (Å²) in [6.07, 6.45) is 0. The number of hydrogen-bond donors (Lipinski definition) is 1. The summed E-state index contributed by atoms with van der Waals surface area (Å²) in [7, 11) is 1.65. The first-order valence-electron chi connectivity index (χ1n) is 6.89. The molecule has 1 heterocycles. The molecular formula is C15H22N2O3. The molecular weight excluding hydrogens is 256 g/mol. The number of anilines is 1. The Hall–Kier alpha value is -1.75. The zero-order chi connectivity index (χ0) is 14.5. The molecule has 1 aromatic carbocycles. The van der Waals surface area contributed by atoms with Crippen molar-refractivity contribution < 1.29 is 14.3 Å². The molecule has 0 radical (unpaired) electrons. The Morgan fingerprint density at radius 1 is 1.40 bits per heavy atom. The van der Waals surface area contributed by atoms with E-state index in [2.05, 4.69) is 5.32 Å². The van der Waals surface area contributed by atoms with Crippen LogP contribution >= 0.6 is 0 Å². The third-order valence-corrected chi connectivity index (χ3v) is 3.47. The molecule has 110 valence electrons. The summed E-state index contributed by atoms with van der Waals surface area (Å²) < 4.78 is 10.5. The molecule has 1 amide bonds. The number of amides is 1. The smallest absolute Gasteiger partial charge is 0.244 e. The van der Waals surface area contributed by atoms with E-state index in [1.165, 1.54) is 0 Å². The summed E-state index contributed by atoms with van der Waals surface area (Å²) >= 11 is 0. The maximum absolute atomic E-state index is 12.3. The van der Waals surface area contributed by atoms with Gasteiger partial charge in [-0.3, -0.25) is 4.79 Å². The Bertz CT molecular complexity index is 470. The fourth-order valence-electron chi connectivity index (χ4n) is 2.34. The Morgan fingerprint density at radius 3 is 2.70 bits per heavy atom. The number of carbonyl (C=O) groups is 1. The van der Waals surface area contributed by atoms with Gasteiger partial charge in [0.25, 0.3) is 0 Å². The standard InChI is InChI=1S/C15H22N2O3/c1-11-10-13(4-5-14(11)19-3)16-12(2)15(18)17-6-8-20-9-7-17/h4-5,10,12,16H,6-9H2,1-3H3. The number of nitrogens with one attached hydrogen (secondary N) is 1. The minimum atomic E-state index is -0.249. The van der Waals surface area contributed by atoms with Gasteiger partial charge in [-0.2, -0.15) is 0 Å². The Labute approximate surface area is 119 Å². The van der Waals surface area contributed by atoms with Crippen molar-refractivity contribution in [2.45, 2.75) is 19.9 Å². The zero-order valence-electron chi connectivity index (χ0n) is 12.3. The predicted octanol–water partition coefficient (Wildman–Crippen LogP) is 1.66. The molecule has 0 aromatic heterocycles. The molecule has 5 heteroatoms. The number of benzene rings is 1. The van der Waals surface area contributed by atoms with E-state index in [-0.39, 0.29) is 11.9 Å². The topological polar surface area (TPSA) is 50.8 Å². The first-order chi connectivity index (χ1) is 9.61. The molecule has 2 rings (SSSR count). The molecule has 0 aliphatic carbocycles. The second kappa shape index (κ2) is 6.61. The largest absolute Gasteiger partial charge is 0.496 e. The summed E-state index contributed by atoms with van der Waals surface area (Å²) in [6, 6.07) is 5.57. The SMILES string of the molecule is COc1ccc(NC(C)C(=O)N2CCOCC2)cc1C. The zero-order valence-corrected chi connectivity index (χ0v) is 12.3. The minimum absolute atomic E-state index is 0.113. The lowest BCUT2D eigenvalue weighted by molar-refractivity contribution is -0.135. The summed E-state index contributed by atoms with van der Waals surface area (Å²) in [5.74, 6) is 0.962. The van der Waals surface area contributed by atoms with Crippen molar-refractivity contribution >= 4 is 11.6 Å². The molecule has 20 heavy (non-hydrogen) atoms. The molecule has 5 nitrogen and oxygen atoms in total. The van der Waals surface area contributed by atoms with Gasteiger partial charge in [-0.1, -0.05) is 0 Å². The minimum Gasteiger partial charge on any atom is -0.496 e. The summed E-state index contributed by atoms with van der Waals surface area (Å²) in [5, 5.41) is 3.24. The summed E-state index contributed by atoms with van der Waals surface area (Å²) in [5.41, 5.74) is 1.97. The van der Waals surface area contributed by atoms with Crippen molar-refractivity contribution in [1.29, 1.82) is 0 Å². The fourth-order valence-corrected chi connectivity index (χ4v) is 2.34. The van der Waals surface area contributed by atoms with Gasteiger partial charge in [0, 0.05) is 18.8 Å². The van der Waals surface area contributed by atoms with Crippen molar-refractivity contribution in [3.05, 3.63) is 23.8 Å². The monoisotopic (exact) mass is 278 g/mol. The highest BCUT2D eigenvalue weighted by atomic mass is 16.5. The van der Waals surface area contributed by atoms with Crippen LogP contribution in [0.1, 0.15) is 12.5 Å². The molecule has 1 unspecified atom stereocenters. The lowest BCUT2D eigenvalue weighted by atomic mass is 10.1. The van der Waals surface area contributed by atoms with E-state index >= 15 is 0 Å². The van der Waals surface area contributed by atoms with Crippen molar-refractivity contribution in [1.82, 2.24) is 4.90 Å². The number of morpholine rings is 1. The quantitative estimate of drug-likeness (QED) is 0.910. The number of hydrogen-bond acceptors (Lipinski definition) is 4. The van der Waals surface area contributed by atoms with Gasteiger partial charge >= 0.3 is 0 Å². The molecule has 1 fully saturated rings. The van der Waals surface area contributed by atoms with E-state index in [0.717, 1.165) is 17.0 Å². The van der Waals surface area contributed by atoms with Gasteiger partial charge in [-0.15, -0.1) is 0 Å². The summed E-state index contributed by atoms with van der Waals surface area (Å²) in [4.78, 5) is 14.1. The van der Waals surface area contributed by atoms with Crippen LogP contribution in [0.15, 0.2) is 18.2 Å². The second-order valence-corrected chi connectivity index (χ2v) is 4.99. The fraction of sp³-hybridized carbons (Fsp3) is 0.533. The normalized spacial score (nSPS) is 16.6. The van der Waals surface area contributed by atoms with Crippen molar-refractivity contribution in [2.75, 3.05) is 38.7 Å². The van der Waals surface area contributed by atoms with E-state index in [4.69, 9.17) is 9.47 Å². The Morgan fingerprint density at radius 2 is 2.10 bits per heavy atom. The molecule has 1 atom stereocenters. The van der Waals surface area contributed by atoms with E-state index in [1.807, 2.05) is 36.9 Å². The van der Waals surface area contributed by atoms with Gasteiger partial charge in [-0.25, -0.2) is 0 Å². The van der Waals surface area contributed by atoms with Gasteiger partial charge in [0.05, 0.1) is 20.3 Å². The third kappa shape index (κ3) is 3.42. The van der Waals surface area contributed by atoms with Crippen LogP contribution in [-0.4, -0.2) is 50.3 Å². The molecule has 1 aromatic rings. The number of rotatable bonds is 4. The van der Waals surface area contributed by atoms with E-state index in [1.54, 1.807) is 7.11 Å². The third-order valence-electron chi connectivity index (χ3n) is 3.47. The molecule has 1 aliphatic rings. The van der Waals surface area contributed by atoms with Crippen molar-refractivity contribution in [2.24, 2.45) is 0 Å². The number of methoxy groups -OCH3 is 1. The van der Waals surface area contributed by atoms with E-state index in [9.17, 15) is 4.79 Å². The number of nitrogens with zero attached hydrogens (tertiary/aromatic N) is 1. The molecule has 1 aliphatic heterocycles. The van der Waals surface area contributed by atoms with Gasteiger partial charge in [0.15, 0.2) is 0 Å². The van der Waals surface area contributed by atoms with Gasteiger partial charge < -0.3 is 19.7 Å². The van der Waals surface area contributed by atoms with Crippen molar-refractivity contribution in [3.8, 4) is 5.75 Å². The van der Waals surface area contributed by atoms with Crippen LogP contribution in [0, 0.1) is 6.92 Å². The van der Waals surface area contributed by atoms with Crippen LogP contribution in [-0.2, 0) is 9.53 Å². The lowest BCUT2D eigenvalue weighted by Gasteiger charge is -2.29. The number of ether oxygens (including phenoxy) is 2. The number of carbonyl (C=O) groups excluding carboxylic acids is 1. The molecule has 0 saturated carbocycles. The molecule has 1 N–H and O–H groups in total. The summed E-state index contributed by atoms with van der Waals surface area (Å²) in [6.45, 7) is 6.47. The van der Waals surface area contributed by atoms with Crippen LogP contribution in [0.4, 0.5) is 5.69 Å². The average Bonchev–Trinajstić information content (AvgIpc) is 2.47. The van der Waals surface area contributed by atoms with E-state index < -0.39 is 0 Å². The lowest BCUT2D eigenvalue weighted by Crippen LogP contribution is -2.46. The molecule has 0 spiro atoms. The highest BCUT2D eigenvalue weighted by molar-refractivity contribution is 5.84. The van der Waals surface area contributed by atoms with E-state index in [0.29, 0.717) is 26.3 Å². The second-order valence-electron chi connectivity index (χ2n) is 4.99. The van der Waals surface area contributed by atoms with Gasteiger partial charge in [0.1, 0.15) is 11.8 Å². The first-order valence-corrected chi connectivity index (χ1v) is 6.89. The van der Waals surface area contributed by atoms with Crippen molar-refractivity contribution in [3.63, 3.8) is 0 Å². The Balaban J connectivity index is 1.98. The first kappa shape index (κ1) is 14.7.